The first-order valence-electron chi connectivity index (χ1n) is 7.55. The molecule has 1 amide bonds. The summed E-state index contributed by atoms with van der Waals surface area (Å²) in [7, 11) is 0. The number of hydrogen-bond acceptors (Lipinski definition) is 5. The van der Waals surface area contributed by atoms with Crippen LogP contribution in [-0.2, 0) is 17.9 Å². The Labute approximate surface area is 125 Å². The maximum absolute atomic E-state index is 11.1. The number of aromatic nitrogens is 3. The van der Waals surface area contributed by atoms with Crippen molar-refractivity contribution in [2.45, 2.75) is 58.2 Å². The molecule has 2 rings (SSSR count). The monoisotopic (exact) mass is 295 g/mol. The maximum atomic E-state index is 11.1. The molecule has 1 aromatic heterocycles. The number of aliphatic hydroxyl groups is 1. The van der Waals surface area contributed by atoms with Crippen molar-refractivity contribution in [3.05, 3.63) is 11.6 Å². The standard InChI is InChI=1S/C14H25N5O2/c1-3-6-19-11(2)16-17-13(19)9-18-7-4-5-14(21,10-18)8-12(15)20/h21H,3-10H2,1-2H3,(H2,15,20). The Hall–Kier alpha value is -1.47. The Bertz CT molecular complexity index is 502. The van der Waals surface area contributed by atoms with E-state index in [4.69, 9.17) is 5.73 Å². The summed E-state index contributed by atoms with van der Waals surface area (Å²) in [6, 6.07) is 0. The number of likely N-dealkylation sites (tertiary alicyclic amines) is 1. The number of primary amides is 1. The lowest BCUT2D eigenvalue weighted by molar-refractivity contribution is -0.125. The average Bonchev–Trinajstić information content (AvgIpc) is 2.70. The molecular formula is C14H25N5O2. The molecule has 0 aliphatic carbocycles. The summed E-state index contributed by atoms with van der Waals surface area (Å²) in [5, 5.41) is 18.9. The zero-order chi connectivity index (χ0) is 15.5. The summed E-state index contributed by atoms with van der Waals surface area (Å²) in [6.07, 6.45) is 2.51. The molecule has 1 aliphatic heterocycles. The second-order valence-electron chi connectivity index (χ2n) is 6.00. The van der Waals surface area contributed by atoms with Gasteiger partial charge in [0, 0.05) is 13.1 Å². The van der Waals surface area contributed by atoms with Gasteiger partial charge < -0.3 is 15.4 Å². The summed E-state index contributed by atoms with van der Waals surface area (Å²) in [5.41, 5.74) is 4.22. The van der Waals surface area contributed by atoms with Crippen LogP contribution in [0.1, 0.15) is 44.3 Å². The first kappa shape index (κ1) is 15.9. The molecule has 1 unspecified atom stereocenters. The van der Waals surface area contributed by atoms with Gasteiger partial charge in [-0.2, -0.15) is 0 Å². The molecule has 0 radical (unpaired) electrons. The molecule has 7 heteroatoms. The number of rotatable bonds is 6. The number of amides is 1. The van der Waals surface area contributed by atoms with Gasteiger partial charge in [-0.1, -0.05) is 6.92 Å². The van der Waals surface area contributed by atoms with Crippen LogP contribution in [0.15, 0.2) is 0 Å². The summed E-state index contributed by atoms with van der Waals surface area (Å²) in [4.78, 5) is 13.2. The molecule has 0 saturated carbocycles. The fraction of sp³-hybridized carbons (Fsp3) is 0.786. The highest BCUT2D eigenvalue weighted by molar-refractivity contribution is 5.75. The molecule has 1 atom stereocenters. The molecule has 3 N–H and O–H groups in total. The van der Waals surface area contributed by atoms with Crippen molar-refractivity contribution in [2.75, 3.05) is 13.1 Å². The highest BCUT2D eigenvalue weighted by Crippen LogP contribution is 2.25. The first-order chi connectivity index (χ1) is 9.93. The molecule has 1 aromatic rings. The third-order valence-electron chi connectivity index (χ3n) is 3.96. The van der Waals surface area contributed by atoms with Gasteiger partial charge in [-0.05, 0) is 32.7 Å². The van der Waals surface area contributed by atoms with E-state index in [2.05, 4.69) is 26.6 Å². The smallest absolute Gasteiger partial charge is 0.220 e. The molecule has 1 fully saturated rings. The van der Waals surface area contributed by atoms with E-state index in [9.17, 15) is 9.90 Å². The number of carbonyl (C=O) groups is 1. The van der Waals surface area contributed by atoms with Gasteiger partial charge in [0.1, 0.15) is 11.6 Å². The van der Waals surface area contributed by atoms with Crippen molar-refractivity contribution in [1.82, 2.24) is 19.7 Å². The van der Waals surface area contributed by atoms with Gasteiger partial charge in [0.2, 0.25) is 5.91 Å². The second kappa shape index (κ2) is 6.53. The predicted molar refractivity (Wildman–Crippen MR) is 78.3 cm³/mol. The van der Waals surface area contributed by atoms with E-state index in [1.54, 1.807) is 0 Å². The number of piperidine rings is 1. The van der Waals surface area contributed by atoms with Gasteiger partial charge in [0.25, 0.3) is 0 Å². The van der Waals surface area contributed by atoms with Crippen LogP contribution in [-0.4, -0.2) is 49.4 Å². The van der Waals surface area contributed by atoms with Crippen molar-refractivity contribution in [3.8, 4) is 0 Å². The van der Waals surface area contributed by atoms with Crippen LogP contribution < -0.4 is 5.73 Å². The van der Waals surface area contributed by atoms with Crippen LogP contribution in [0.25, 0.3) is 0 Å². The molecule has 7 nitrogen and oxygen atoms in total. The van der Waals surface area contributed by atoms with Gasteiger partial charge in [-0.3, -0.25) is 9.69 Å². The quantitative estimate of drug-likeness (QED) is 0.781. The lowest BCUT2D eigenvalue weighted by atomic mass is 9.89. The third kappa shape index (κ3) is 4.01. The summed E-state index contributed by atoms with van der Waals surface area (Å²) < 4.78 is 2.11. The molecule has 1 aliphatic rings. The number of β-amino-alcohol motifs (C(OH)–C–C–N with tert-alkyl or cyclic N) is 1. The van der Waals surface area contributed by atoms with Gasteiger partial charge in [0.05, 0.1) is 18.6 Å². The minimum atomic E-state index is -1.01. The molecular weight excluding hydrogens is 270 g/mol. The topological polar surface area (TPSA) is 97.3 Å². The fourth-order valence-electron chi connectivity index (χ4n) is 3.07. The highest BCUT2D eigenvalue weighted by atomic mass is 16.3. The van der Waals surface area contributed by atoms with Crippen LogP contribution in [0.5, 0.6) is 0 Å². The zero-order valence-corrected chi connectivity index (χ0v) is 12.9. The molecule has 21 heavy (non-hydrogen) atoms. The SMILES string of the molecule is CCCn1c(C)nnc1CN1CCCC(O)(CC(N)=O)C1. The Morgan fingerprint density at radius 2 is 2.24 bits per heavy atom. The largest absolute Gasteiger partial charge is 0.388 e. The van der Waals surface area contributed by atoms with Crippen LogP contribution in [0, 0.1) is 6.92 Å². The van der Waals surface area contributed by atoms with Crippen LogP contribution in [0.3, 0.4) is 0 Å². The molecule has 0 bridgehead atoms. The Balaban J connectivity index is 2.04. The Morgan fingerprint density at radius 1 is 1.48 bits per heavy atom. The van der Waals surface area contributed by atoms with Crippen molar-refractivity contribution in [2.24, 2.45) is 5.73 Å². The third-order valence-corrected chi connectivity index (χ3v) is 3.96. The fourth-order valence-corrected chi connectivity index (χ4v) is 3.07. The Morgan fingerprint density at radius 3 is 2.90 bits per heavy atom. The van der Waals surface area contributed by atoms with E-state index in [1.165, 1.54) is 0 Å². The van der Waals surface area contributed by atoms with Gasteiger partial charge in [-0.25, -0.2) is 0 Å². The second-order valence-corrected chi connectivity index (χ2v) is 6.00. The molecule has 1 saturated heterocycles. The number of carbonyl (C=O) groups excluding carboxylic acids is 1. The highest BCUT2D eigenvalue weighted by Gasteiger charge is 2.35. The average molecular weight is 295 g/mol. The van der Waals surface area contributed by atoms with E-state index in [0.717, 1.165) is 37.6 Å². The van der Waals surface area contributed by atoms with Crippen LogP contribution in [0.2, 0.25) is 0 Å². The van der Waals surface area contributed by atoms with Gasteiger partial charge in [-0.15, -0.1) is 10.2 Å². The number of hydrogen-bond donors (Lipinski definition) is 2. The number of nitrogens with zero attached hydrogens (tertiary/aromatic N) is 4. The van der Waals surface area contributed by atoms with E-state index in [-0.39, 0.29) is 6.42 Å². The van der Waals surface area contributed by atoms with Crippen LogP contribution in [0.4, 0.5) is 0 Å². The van der Waals surface area contributed by atoms with Crippen molar-refractivity contribution in [3.63, 3.8) is 0 Å². The Kier molecular flexibility index (Phi) is 4.95. The summed E-state index contributed by atoms with van der Waals surface area (Å²) >= 11 is 0. The van der Waals surface area contributed by atoms with Crippen molar-refractivity contribution < 1.29 is 9.90 Å². The summed E-state index contributed by atoms with van der Waals surface area (Å²) in [6.45, 7) is 6.95. The van der Waals surface area contributed by atoms with Gasteiger partial charge in [0.15, 0.2) is 0 Å². The molecule has 0 aromatic carbocycles. The minimum Gasteiger partial charge on any atom is -0.388 e. The molecule has 118 valence electrons. The van der Waals surface area contributed by atoms with E-state index in [0.29, 0.717) is 19.5 Å². The van der Waals surface area contributed by atoms with Crippen molar-refractivity contribution in [1.29, 1.82) is 0 Å². The lowest BCUT2D eigenvalue weighted by Crippen LogP contribution is -2.49. The van der Waals surface area contributed by atoms with E-state index < -0.39 is 11.5 Å². The van der Waals surface area contributed by atoms with Crippen LogP contribution >= 0.6 is 0 Å². The van der Waals surface area contributed by atoms with E-state index in [1.807, 2.05) is 6.92 Å². The molecule has 0 spiro atoms. The zero-order valence-electron chi connectivity index (χ0n) is 12.9. The maximum Gasteiger partial charge on any atom is 0.220 e. The molecule has 2 heterocycles. The number of aryl methyl sites for hydroxylation is 1. The predicted octanol–water partition coefficient (Wildman–Crippen LogP) is 0.199. The lowest BCUT2D eigenvalue weighted by Gasteiger charge is -2.38. The number of nitrogens with two attached hydrogens (primary N) is 1. The normalized spacial score (nSPS) is 23.4. The van der Waals surface area contributed by atoms with E-state index >= 15 is 0 Å². The summed E-state index contributed by atoms with van der Waals surface area (Å²) in [5.74, 6) is 1.37. The van der Waals surface area contributed by atoms with Crippen molar-refractivity contribution >= 4 is 5.91 Å². The minimum absolute atomic E-state index is 0.0180. The first-order valence-corrected chi connectivity index (χ1v) is 7.55. The van der Waals surface area contributed by atoms with Gasteiger partial charge >= 0.3 is 0 Å².